The lowest BCUT2D eigenvalue weighted by Crippen LogP contribution is -2.48. The van der Waals surface area contributed by atoms with Crippen LogP contribution in [0.2, 0.25) is 0 Å². The van der Waals surface area contributed by atoms with Gasteiger partial charge < -0.3 is 9.64 Å². The summed E-state index contributed by atoms with van der Waals surface area (Å²) < 4.78 is 8.00. The number of rotatable bonds is 3. The fourth-order valence-electron chi connectivity index (χ4n) is 3.77. The number of hydrogen-bond acceptors (Lipinski definition) is 3. The van der Waals surface area contributed by atoms with Crippen LogP contribution in [0.25, 0.3) is 0 Å². The highest BCUT2D eigenvalue weighted by Crippen LogP contribution is 2.33. The standard InChI is InChI=1S/C19H29N3O2/c1-14-6-12-24-19(13-14)7-10-21(11-8-19)18(23)5-9-22-17(4)15(2)16(3)20-22/h13H,5-12H2,1-4H3. The summed E-state index contributed by atoms with van der Waals surface area (Å²) in [5, 5.41) is 4.52. The van der Waals surface area contributed by atoms with Gasteiger partial charge in [0.25, 0.3) is 0 Å². The summed E-state index contributed by atoms with van der Waals surface area (Å²) in [5.41, 5.74) is 4.73. The molecule has 132 valence electrons. The van der Waals surface area contributed by atoms with Crippen LogP contribution < -0.4 is 0 Å². The van der Waals surface area contributed by atoms with Gasteiger partial charge in [-0.3, -0.25) is 9.48 Å². The molecule has 1 saturated heterocycles. The smallest absolute Gasteiger partial charge is 0.224 e. The molecule has 24 heavy (non-hydrogen) atoms. The number of piperidine rings is 1. The van der Waals surface area contributed by atoms with Crippen LogP contribution in [-0.2, 0) is 16.1 Å². The maximum Gasteiger partial charge on any atom is 0.224 e. The average molecular weight is 331 g/mol. The third-order valence-corrected chi connectivity index (χ3v) is 5.64. The average Bonchev–Trinajstić information content (AvgIpc) is 2.80. The molecule has 0 aromatic carbocycles. The molecule has 0 unspecified atom stereocenters. The zero-order valence-electron chi connectivity index (χ0n) is 15.4. The lowest BCUT2D eigenvalue weighted by Gasteiger charge is -2.42. The first-order valence-electron chi connectivity index (χ1n) is 9.01. The van der Waals surface area contributed by atoms with Gasteiger partial charge in [0.2, 0.25) is 5.91 Å². The summed E-state index contributed by atoms with van der Waals surface area (Å²) >= 11 is 0. The number of carbonyl (C=O) groups is 1. The third-order valence-electron chi connectivity index (χ3n) is 5.64. The molecule has 1 amide bonds. The molecule has 0 aliphatic carbocycles. The molecule has 2 aliphatic heterocycles. The molecular weight excluding hydrogens is 302 g/mol. The molecule has 0 radical (unpaired) electrons. The predicted molar refractivity (Wildman–Crippen MR) is 93.9 cm³/mol. The topological polar surface area (TPSA) is 47.4 Å². The summed E-state index contributed by atoms with van der Waals surface area (Å²) in [4.78, 5) is 14.5. The highest BCUT2D eigenvalue weighted by Gasteiger charge is 2.36. The second-order valence-electron chi connectivity index (χ2n) is 7.30. The summed E-state index contributed by atoms with van der Waals surface area (Å²) in [6, 6.07) is 0. The molecule has 3 rings (SSSR count). The van der Waals surface area contributed by atoms with Crippen LogP contribution in [0.4, 0.5) is 0 Å². The Labute approximate surface area is 144 Å². The largest absolute Gasteiger partial charge is 0.370 e. The van der Waals surface area contributed by atoms with E-state index in [1.54, 1.807) is 0 Å². The van der Waals surface area contributed by atoms with Gasteiger partial charge in [0.15, 0.2) is 0 Å². The minimum Gasteiger partial charge on any atom is -0.370 e. The maximum atomic E-state index is 12.5. The number of aryl methyl sites for hydroxylation is 2. The molecule has 2 aliphatic rings. The van der Waals surface area contributed by atoms with Crippen LogP contribution in [0.5, 0.6) is 0 Å². The van der Waals surface area contributed by atoms with Crippen LogP contribution in [-0.4, -0.2) is 45.9 Å². The quantitative estimate of drug-likeness (QED) is 0.800. The highest BCUT2D eigenvalue weighted by atomic mass is 16.5. The van der Waals surface area contributed by atoms with Crippen molar-refractivity contribution in [2.24, 2.45) is 0 Å². The molecule has 0 saturated carbocycles. The van der Waals surface area contributed by atoms with Crippen molar-refractivity contribution in [1.29, 1.82) is 0 Å². The van der Waals surface area contributed by atoms with Crippen molar-refractivity contribution in [3.8, 4) is 0 Å². The van der Waals surface area contributed by atoms with E-state index >= 15 is 0 Å². The minimum atomic E-state index is -0.119. The second-order valence-corrected chi connectivity index (χ2v) is 7.30. The Balaban J connectivity index is 1.54. The Bertz CT molecular complexity index is 652. The molecular formula is C19H29N3O2. The van der Waals surface area contributed by atoms with E-state index in [-0.39, 0.29) is 11.5 Å². The maximum absolute atomic E-state index is 12.5. The van der Waals surface area contributed by atoms with Gasteiger partial charge in [0.05, 0.1) is 17.9 Å². The first-order valence-corrected chi connectivity index (χ1v) is 9.01. The molecule has 0 bridgehead atoms. The molecule has 1 aromatic rings. The molecule has 1 spiro atoms. The van der Waals surface area contributed by atoms with E-state index in [4.69, 9.17) is 4.74 Å². The summed E-state index contributed by atoms with van der Waals surface area (Å²) in [6.45, 7) is 11.4. The fourth-order valence-corrected chi connectivity index (χ4v) is 3.77. The first-order chi connectivity index (χ1) is 11.4. The Morgan fingerprint density at radius 3 is 2.54 bits per heavy atom. The minimum absolute atomic E-state index is 0.119. The van der Waals surface area contributed by atoms with E-state index in [1.165, 1.54) is 11.1 Å². The second kappa shape index (κ2) is 6.71. The predicted octanol–water partition coefficient (Wildman–Crippen LogP) is 2.93. The Morgan fingerprint density at radius 2 is 1.96 bits per heavy atom. The monoisotopic (exact) mass is 331 g/mol. The van der Waals surface area contributed by atoms with Crippen molar-refractivity contribution in [2.75, 3.05) is 19.7 Å². The zero-order valence-corrected chi connectivity index (χ0v) is 15.4. The van der Waals surface area contributed by atoms with Crippen molar-refractivity contribution < 1.29 is 9.53 Å². The number of hydrogen-bond donors (Lipinski definition) is 0. The molecule has 0 N–H and O–H groups in total. The van der Waals surface area contributed by atoms with Crippen LogP contribution in [0, 0.1) is 20.8 Å². The van der Waals surface area contributed by atoms with Crippen LogP contribution in [0.3, 0.4) is 0 Å². The molecule has 3 heterocycles. The summed E-state index contributed by atoms with van der Waals surface area (Å²) in [6.07, 6.45) is 5.66. The first kappa shape index (κ1) is 17.2. The lowest BCUT2D eigenvalue weighted by atomic mass is 9.87. The zero-order chi connectivity index (χ0) is 17.3. The Morgan fingerprint density at radius 1 is 1.25 bits per heavy atom. The SMILES string of the molecule is CC1=CC2(CCN(C(=O)CCn3nc(C)c(C)c3C)CC2)OCC1. The van der Waals surface area contributed by atoms with Crippen molar-refractivity contribution in [3.63, 3.8) is 0 Å². The number of nitrogens with zero attached hydrogens (tertiary/aromatic N) is 3. The van der Waals surface area contributed by atoms with E-state index in [2.05, 4.69) is 31.9 Å². The van der Waals surface area contributed by atoms with Crippen LogP contribution in [0.15, 0.2) is 11.6 Å². The lowest BCUT2D eigenvalue weighted by molar-refractivity contribution is -0.136. The number of likely N-dealkylation sites (tertiary alicyclic amines) is 1. The molecule has 5 nitrogen and oxygen atoms in total. The van der Waals surface area contributed by atoms with E-state index in [9.17, 15) is 4.79 Å². The molecule has 5 heteroatoms. The number of ether oxygens (including phenoxy) is 1. The fraction of sp³-hybridized carbons (Fsp3) is 0.684. The van der Waals surface area contributed by atoms with E-state index < -0.39 is 0 Å². The van der Waals surface area contributed by atoms with Gasteiger partial charge >= 0.3 is 0 Å². The normalized spacial score (nSPS) is 20.3. The van der Waals surface area contributed by atoms with Gasteiger partial charge in [0.1, 0.15) is 0 Å². The van der Waals surface area contributed by atoms with E-state index in [1.807, 2.05) is 16.5 Å². The third kappa shape index (κ3) is 3.41. The van der Waals surface area contributed by atoms with E-state index in [0.29, 0.717) is 13.0 Å². The van der Waals surface area contributed by atoms with Gasteiger partial charge in [-0.2, -0.15) is 5.10 Å². The van der Waals surface area contributed by atoms with Crippen molar-refractivity contribution in [3.05, 3.63) is 28.6 Å². The molecule has 1 fully saturated rings. The van der Waals surface area contributed by atoms with Gasteiger partial charge in [0, 0.05) is 31.7 Å². The number of amides is 1. The molecule has 1 aromatic heterocycles. The Kier molecular flexibility index (Phi) is 4.81. The summed E-state index contributed by atoms with van der Waals surface area (Å²) in [5.74, 6) is 0.228. The van der Waals surface area contributed by atoms with Crippen molar-refractivity contribution in [2.45, 2.75) is 65.5 Å². The molecule has 0 atom stereocenters. The van der Waals surface area contributed by atoms with Gasteiger partial charge in [-0.15, -0.1) is 0 Å². The number of aromatic nitrogens is 2. The van der Waals surface area contributed by atoms with Gasteiger partial charge in [-0.05, 0) is 52.5 Å². The van der Waals surface area contributed by atoms with E-state index in [0.717, 1.165) is 50.3 Å². The van der Waals surface area contributed by atoms with Crippen LogP contribution >= 0.6 is 0 Å². The highest BCUT2D eigenvalue weighted by molar-refractivity contribution is 5.76. The van der Waals surface area contributed by atoms with Gasteiger partial charge in [-0.1, -0.05) is 11.6 Å². The van der Waals surface area contributed by atoms with Crippen molar-refractivity contribution >= 4 is 5.91 Å². The Hall–Kier alpha value is -1.62. The number of carbonyl (C=O) groups excluding carboxylic acids is 1. The summed E-state index contributed by atoms with van der Waals surface area (Å²) in [7, 11) is 0. The van der Waals surface area contributed by atoms with Crippen LogP contribution in [0.1, 0.15) is 49.6 Å². The van der Waals surface area contributed by atoms with Gasteiger partial charge in [-0.25, -0.2) is 0 Å². The van der Waals surface area contributed by atoms with Crippen molar-refractivity contribution in [1.82, 2.24) is 14.7 Å².